The van der Waals surface area contributed by atoms with Crippen molar-refractivity contribution in [2.75, 3.05) is 45.9 Å². The normalized spacial score (nSPS) is 20.0. The molecule has 0 aromatic carbocycles. The molecular formula is C19H27N3O5. The van der Waals surface area contributed by atoms with Crippen molar-refractivity contribution in [3.63, 3.8) is 0 Å². The molecule has 3 heterocycles. The minimum absolute atomic E-state index is 0.00976. The van der Waals surface area contributed by atoms with E-state index in [9.17, 15) is 14.4 Å². The highest BCUT2D eigenvalue weighted by Crippen LogP contribution is 2.16. The highest BCUT2D eigenvalue weighted by molar-refractivity contribution is 5.94. The van der Waals surface area contributed by atoms with Crippen molar-refractivity contribution >= 4 is 17.7 Å². The number of ether oxygens (including phenoxy) is 1. The van der Waals surface area contributed by atoms with Gasteiger partial charge in [-0.05, 0) is 18.9 Å². The molecule has 8 heteroatoms. The lowest BCUT2D eigenvalue weighted by molar-refractivity contribution is -0.138. The molecule has 1 aromatic rings. The molecule has 0 bridgehead atoms. The Labute approximate surface area is 159 Å². The predicted molar refractivity (Wildman–Crippen MR) is 97.0 cm³/mol. The van der Waals surface area contributed by atoms with Crippen LogP contribution in [0.3, 0.4) is 0 Å². The maximum atomic E-state index is 12.7. The summed E-state index contributed by atoms with van der Waals surface area (Å²) in [6, 6.07) is 1.63. The zero-order chi connectivity index (χ0) is 19.2. The zero-order valence-electron chi connectivity index (χ0n) is 15.8. The Morgan fingerprint density at radius 1 is 1.19 bits per heavy atom. The Kier molecular flexibility index (Phi) is 6.49. The van der Waals surface area contributed by atoms with Crippen LogP contribution in [0, 0.1) is 0 Å². The molecule has 1 aromatic heterocycles. The molecule has 148 valence electrons. The van der Waals surface area contributed by atoms with Gasteiger partial charge in [-0.2, -0.15) is 0 Å². The van der Waals surface area contributed by atoms with E-state index in [2.05, 4.69) is 0 Å². The summed E-state index contributed by atoms with van der Waals surface area (Å²) < 4.78 is 10.7. The fraction of sp³-hybridized carbons (Fsp3) is 0.632. The van der Waals surface area contributed by atoms with Crippen LogP contribution in [0.1, 0.15) is 36.5 Å². The lowest BCUT2D eigenvalue weighted by Crippen LogP contribution is -2.50. The fourth-order valence-corrected chi connectivity index (χ4v) is 3.54. The van der Waals surface area contributed by atoms with E-state index in [1.807, 2.05) is 0 Å². The van der Waals surface area contributed by atoms with E-state index in [-0.39, 0.29) is 30.2 Å². The number of amides is 3. The first-order valence-corrected chi connectivity index (χ1v) is 9.51. The summed E-state index contributed by atoms with van der Waals surface area (Å²) in [6.45, 7) is 5.30. The summed E-state index contributed by atoms with van der Waals surface area (Å²) in [5.74, 6) is -0.0977. The Bertz CT molecular complexity index is 646. The van der Waals surface area contributed by atoms with Gasteiger partial charge in [-0.3, -0.25) is 14.4 Å². The lowest BCUT2D eigenvalue weighted by Gasteiger charge is -2.34. The topological polar surface area (TPSA) is 83.3 Å². The molecule has 2 aliphatic rings. The second kappa shape index (κ2) is 9.03. The van der Waals surface area contributed by atoms with Crippen molar-refractivity contribution in [3.8, 4) is 0 Å². The summed E-state index contributed by atoms with van der Waals surface area (Å²) >= 11 is 0. The Morgan fingerprint density at radius 2 is 1.93 bits per heavy atom. The smallest absolute Gasteiger partial charge is 0.257 e. The second-order valence-corrected chi connectivity index (χ2v) is 7.04. The van der Waals surface area contributed by atoms with Crippen LogP contribution in [-0.2, 0) is 14.3 Å². The van der Waals surface area contributed by atoms with Crippen LogP contribution < -0.4 is 0 Å². The average Bonchev–Trinajstić information content (AvgIpc) is 3.38. The van der Waals surface area contributed by atoms with Crippen LogP contribution in [0.4, 0.5) is 0 Å². The summed E-state index contributed by atoms with van der Waals surface area (Å²) in [5, 5.41) is 0. The van der Waals surface area contributed by atoms with Gasteiger partial charge in [0.15, 0.2) is 0 Å². The van der Waals surface area contributed by atoms with E-state index >= 15 is 0 Å². The number of hydrogen-bond acceptors (Lipinski definition) is 5. The SMILES string of the molecule is CC(=O)N1CCN(C(=O)CCN(CC2CCCO2)C(=O)c2ccoc2)CC1. The van der Waals surface area contributed by atoms with E-state index in [4.69, 9.17) is 9.15 Å². The molecule has 27 heavy (non-hydrogen) atoms. The Hall–Kier alpha value is -2.35. The molecule has 1 unspecified atom stereocenters. The van der Waals surface area contributed by atoms with Crippen LogP contribution in [0.15, 0.2) is 23.0 Å². The summed E-state index contributed by atoms with van der Waals surface area (Å²) in [6.07, 6.45) is 5.10. The first-order chi connectivity index (χ1) is 13.0. The van der Waals surface area contributed by atoms with E-state index in [1.54, 1.807) is 27.7 Å². The third-order valence-corrected chi connectivity index (χ3v) is 5.18. The molecule has 2 aliphatic heterocycles. The predicted octanol–water partition coefficient (Wildman–Crippen LogP) is 0.982. The molecule has 8 nitrogen and oxygen atoms in total. The number of piperazine rings is 1. The van der Waals surface area contributed by atoms with E-state index in [1.165, 1.54) is 12.5 Å². The quantitative estimate of drug-likeness (QED) is 0.738. The molecular weight excluding hydrogens is 350 g/mol. The van der Waals surface area contributed by atoms with Gasteiger partial charge in [-0.25, -0.2) is 0 Å². The van der Waals surface area contributed by atoms with Gasteiger partial charge < -0.3 is 23.9 Å². The third kappa shape index (κ3) is 5.09. The van der Waals surface area contributed by atoms with Crippen LogP contribution in [0.5, 0.6) is 0 Å². The molecule has 0 radical (unpaired) electrons. The highest BCUT2D eigenvalue weighted by atomic mass is 16.5. The van der Waals surface area contributed by atoms with Gasteiger partial charge >= 0.3 is 0 Å². The van der Waals surface area contributed by atoms with Gasteiger partial charge in [-0.1, -0.05) is 0 Å². The first-order valence-electron chi connectivity index (χ1n) is 9.51. The Morgan fingerprint density at radius 3 is 2.52 bits per heavy atom. The third-order valence-electron chi connectivity index (χ3n) is 5.18. The number of carbonyl (C=O) groups is 3. The van der Waals surface area contributed by atoms with Crippen LogP contribution in [0.25, 0.3) is 0 Å². The monoisotopic (exact) mass is 377 g/mol. The van der Waals surface area contributed by atoms with E-state index in [0.29, 0.717) is 44.8 Å². The number of carbonyl (C=O) groups excluding carboxylic acids is 3. The van der Waals surface area contributed by atoms with Crippen molar-refractivity contribution in [3.05, 3.63) is 24.2 Å². The van der Waals surface area contributed by atoms with Crippen LogP contribution >= 0.6 is 0 Å². The van der Waals surface area contributed by atoms with Gasteiger partial charge in [0.05, 0.1) is 17.9 Å². The van der Waals surface area contributed by atoms with Gasteiger partial charge in [0, 0.05) is 59.2 Å². The fourth-order valence-electron chi connectivity index (χ4n) is 3.54. The maximum absolute atomic E-state index is 12.7. The molecule has 1 atom stereocenters. The minimum atomic E-state index is -0.145. The zero-order valence-corrected chi connectivity index (χ0v) is 15.8. The average molecular weight is 377 g/mol. The standard InChI is InChI=1S/C19H27N3O5/c1-15(23)20-7-9-21(10-8-20)18(24)4-6-22(13-17-3-2-11-27-17)19(25)16-5-12-26-14-16/h5,12,14,17H,2-4,6-11,13H2,1H3. The summed E-state index contributed by atoms with van der Waals surface area (Å²) in [7, 11) is 0. The largest absolute Gasteiger partial charge is 0.472 e. The minimum Gasteiger partial charge on any atom is -0.472 e. The van der Waals surface area contributed by atoms with Crippen molar-refractivity contribution < 1.29 is 23.5 Å². The van der Waals surface area contributed by atoms with Crippen molar-refractivity contribution in [1.82, 2.24) is 14.7 Å². The molecule has 0 saturated carbocycles. The van der Waals surface area contributed by atoms with Crippen LogP contribution in [-0.4, -0.2) is 84.4 Å². The molecule has 3 rings (SSSR count). The summed E-state index contributed by atoms with van der Waals surface area (Å²) in [5.41, 5.74) is 0.482. The summed E-state index contributed by atoms with van der Waals surface area (Å²) in [4.78, 5) is 41.9. The van der Waals surface area contributed by atoms with E-state index in [0.717, 1.165) is 19.4 Å². The number of nitrogens with zero attached hydrogens (tertiary/aromatic N) is 3. The van der Waals surface area contributed by atoms with Crippen molar-refractivity contribution in [2.45, 2.75) is 32.3 Å². The molecule has 0 spiro atoms. The van der Waals surface area contributed by atoms with Crippen molar-refractivity contribution in [2.24, 2.45) is 0 Å². The van der Waals surface area contributed by atoms with Gasteiger partial charge in [0.2, 0.25) is 11.8 Å². The van der Waals surface area contributed by atoms with Gasteiger partial charge in [0.25, 0.3) is 5.91 Å². The molecule has 0 N–H and O–H groups in total. The highest BCUT2D eigenvalue weighted by Gasteiger charge is 2.26. The lowest BCUT2D eigenvalue weighted by atomic mass is 10.2. The number of rotatable bonds is 6. The molecule has 2 fully saturated rings. The molecule has 0 aliphatic carbocycles. The second-order valence-electron chi connectivity index (χ2n) is 7.04. The molecule has 2 saturated heterocycles. The maximum Gasteiger partial charge on any atom is 0.257 e. The Balaban J connectivity index is 1.54. The van der Waals surface area contributed by atoms with Crippen molar-refractivity contribution in [1.29, 1.82) is 0 Å². The number of furan rings is 1. The van der Waals surface area contributed by atoms with E-state index < -0.39 is 0 Å². The van der Waals surface area contributed by atoms with Crippen LogP contribution in [0.2, 0.25) is 0 Å². The molecule has 3 amide bonds. The van der Waals surface area contributed by atoms with Gasteiger partial charge in [-0.15, -0.1) is 0 Å². The first kappa shape index (κ1) is 19.4. The number of hydrogen-bond donors (Lipinski definition) is 0. The van der Waals surface area contributed by atoms with Gasteiger partial charge in [0.1, 0.15) is 6.26 Å².